The predicted molar refractivity (Wildman–Crippen MR) is 125 cm³/mol. The van der Waals surface area contributed by atoms with Crippen molar-refractivity contribution >= 4 is 40.9 Å². The molecule has 2 amide bonds. The molecule has 0 aliphatic carbocycles. The van der Waals surface area contributed by atoms with E-state index in [1.165, 1.54) is 0 Å². The van der Waals surface area contributed by atoms with Crippen LogP contribution in [0, 0.1) is 5.41 Å². The first-order valence-corrected chi connectivity index (χ1v) is 11.4. The van der Waals surface area contributed by atoms with Crippen LogP contribution in [0.5, 0.6) is 0 Å². The normalized spacial score (nSPS) is 16.9. The Bertz CT molecular complexity index is 845. The van der Waals surface area contributed by atoms with Gasteiger partial charge in [0.2, 0.25) is 23.4 Å². The second-order valence-corrected chi connectivity index (χ2v) is 8.13. The van der Waals surface area contributed by atoms with Crippen molar-refractivity contribution in [3.05, 3.63) is 35.9 Å². The molecule has 0 bridgehead atoms. The van der Waals surface area contributed by atoms with Gasteiger partial charge >= 0.3 is 0 Å². The van der Waals surface area contributed by atoms with Crippen LogP contribution >= 0.6 is 11.6 Å². The van der Waals surface area contributed by atoms with Gasteiger partial charge in [-0.1, -0.05) is 30.3 Å². The van der Waals surface area contributed by atoms with Crippen molar-refractivity contribution in [2.45, 2.75) is 50.2 Å². The number of nitrogens with one attached hydrogen (secondary N) is 5. The van der Waals surface area contributed by atoms with Crippen LogP contribution in [-0.4, -0.2) is 66.4 Å². The van der Waals surface area contributed by atoms with E-state index in [1.54, 1.807) is 0 Å². The molecule has 1 saturated heterocycles. The van der Waals surface area contributed by atoms with Gasteiger partial charge in [0.1, 0.15) is 6.04 Å². The van der Waals surface area contributed by atoms with Crippen LogP contribution in [0.3, 0.4) is 0 Å². The number of amides is 2. The molecule has 0 unspecified atom stereocenters. The molecule has 0 saturated carbocycles. The lowest BCUT2D eigenvalue weighted by Crippen LogP contribution is -2.55. The summed E-state index contributed by atoms with van der Waals surface area (Å²) in [5, 5.41) is 18.3. The Labute approximate surface area is 197 Å². The van der Waals surface area contributed by atoms with Crippen LogP contribution in [0.1, 0.15) is 31.2 Å². The summed E-state index contributed by atoms with van der Waals surface area (Å²) >= 11 is 5.54. The standard InChI is InChI=1S/C22H31ClN6O4/c23-13-18(30)19(31)15(8-4-11-27-22(24)25)28-21(33)17(12-14-6-2-1-3-7-14)29-20(32)16-9-5-10-26-16/h1-3,6-7,15-17,26H,4-5,8-13H2,(H,28,33)(H,29,32)(H4,24,25,27)/t15-,16-,17-/m0/s1. The van der Waals surface area contributed by atoms with Gasteiger partial charge in [0.15, 0.2) is 5.96 Å². The Balaban J connectivity index is 2.12. The van der Waals surface area contributed by atoms with Gasteiger partial charge < -0.3 is 27.0 Å². The number of Topliss-reactive ketones (excluding diaryl/α,β-unsaturated/α-hetero) is 2. The van der Waals surface area contributed by atoms with Gasteiger partial charge in [0.05, 0.1) is 18.0 Å². The van der Waals surface area contributed by atoms with Gasteiger partial charge in [-0.3, -0.25) is 24.6 Å². The molecule has 1 aliphatic rings. The molecular formula is C22H31ClN6O4. The number of hydrogen-bond acceptors (Lipinski definition) is 6. The molecule has 1 aliphatic heterocycles. The summed E-state index contributed by atoms with van der Waals surface area (Å²) in [6, 6.07) is 6.79. The highest BCUT2D eigenvalue weighted by Gasteiger charge is 2.31. The summed E-state index contributed by atoms with van der Waals surface area (Å²) in [4.78, 5) is 50.2. The van der Waals surface area contributed by atoms with Crippen molar-refractivity contribution in [3.63, 3.8) is 0 Å². The van der Waals surface area contributed by atoms with Gasteiger partial charge in [-0.15, -0.1) is 11.6 Å². The summed E-state index contributed by atoms with van der Waals surface area (Å²) in [5.41, 5.74) is 6.09. The fourth-order valence-corrected chi connectivity index (χ4v) is 3.70. The topological polar surface area (TPSA) is 166 Å². The summed E-state index contributed by atoms with van der Waals surface area (Å²) < 4.78 is 0. The molecule has 10 nitrogen and oxygen atoms in total. The number of nitrogens with two attached hydrogens (primary N) is 1. The number of carbonyl (C=O) groups excluding carboxylic acids is 4. The van der Waals surface area contributed by atoms with Crippen LogP contribution in [-0.2, 0) is 25.6 Å². The minimum absolute atomic E-state index is 0.143. The number of rotatable bonds is 13. The van der Waals surface area contributed by atoms with Crippen LogP contribution in [0.15, 0.2) is 30.3 Å². The summed E-state index contributed by atoms with van der Waals surface area (Å²) in [6.45, 7) is 1.03. The molecule has 1 aromatic carbocycles. The smallest absolute Gasteiger partial charge is 0.243 e. The van der Waals surface area contributed by atoms with Crippen molar-refractivity contribution in [1.29, 1.82) is 5.41 Å². The number of halogens is 1. The van der Waals surface area contributed by atoms with Crippen LogP contribution in [0.25, 0.3) is 0 Å². The number of ketones is 2. The maximum atomic E-state index is 13.2. The van der Waals surface area contributed by atoms with Gasteiger partial charge in [-0.05, 0) is 37.8 Å². The highest BCUT2D eigenvalue weighted by molar-refractivity contribution is 6.48. The predicted octanol–water partition coefficient (Wildman–Crippen LogP) is -0.409. The Morgan fingerprint density at radius 1 is 1.15 bits per heavy atom. The zero-order chi connectivity index (χ0) is 24.2. The molecule has 1 heterocycles. The second-order valence-electron chi connectivity index (χ2n) is 7.86. The first-order chi connectivity index (χ1) is 15.8. The lowest BCUT2D eigenvalue weighted by Gasteiger charge is -2.24. The number of alkyl halides is 1. The SMILES string of the molecule is N=C(N)NCCC[C@H](NC(=O)[C@H](Cc1ccccc1)NC(=O)[C@@H]1CCCN1)C(=O)C(=O)CCl. The van der Waals surface area contributed by atoms with E-state index in [1.807, 2.05) is 30.3 Å². The molecule has 3 atom stereocenters. The summed E-state index contributed by atoms with van der Waals surface area (Å²) in [5.74, 6) is -3.16. The monoisotopic (exact) mass is 478 g/mol. The molecule has 33 heavy (non-hydrogen) atoms. The first kappa shape index (κ1) is 26.3. The fourth-order valence-electron chi connectivity index (χ4n) is 3.57. The van der Waals surface area contributed by atoms with E-state index >= 15 is 0 Å². The fraction of sp³-hybridized carbons (Fsp3) is 0.500. The Morgan fingerprint density at radius 2 is 1.88 bits per heavy atom. The van der Waals surface area contributed by atoms with E-state index in [2.05, 4.69) is 21.3 Å². The van der Waals surface area contributed by atoms with Gasteiger partial charge in [-0.2, -0.15) is 0 Å². The van der Waals surface area contributed by atoms with Crippen molar-refractivity contribution in [2.75, 3.05) is 19.0 Å². The molecule has 1 aromatic rings. The first-order valence-electron chi connectivity index (χ1n) is 10.9. The minimum atomic E-state index is -1.10. The maximum absolute atomic E-state index is 13.2. The highest BCUT2D eigenvalue weighted by Crippen LogP contribution is 2.09. The van der Waals surface area contributed by atoms with Gasteiger partial charge in [0.25, 0.3) is 0 Å². The quantitative estimate of drug-likeness (QED) is 0.0736. The third-order valence-corrected chi connectivity index (χ3v) is 5.55. The lowest BCUT2D eigenvalue weighted by molar-refractivity contribution is -0.138. The van der Waals surface area contributed by atoms with Gasteiger partial charge in [-0.25, -0.2) is 0 Å². The molecule has 7 N–H and O–H groups in total. The third kappa shape index (κ3) is 8.82. The summed E-state index contributed by atoms with van der Waals surface area (Å²) in [6.07, 6.45) is 2.29. The van der Waals surface area contributed by atoms with Crippen molar-refractivity contribution in [2.24, 2.45) is 5.73 Å². The summed E-state index contributed by atoms with van der Waals surface area (Å²) in [7, 11) is 0. The number of hydrogen-bond donors (Lipinski definition) is 6. The molecular weight excluding hydrogens is 448 g/mol. The Kier molecular flexibility index (Phi) is 10.8. The van der Waals surface area contributed by atoms with Crippen LogP contribution in [0.4, 0.5) is 0 Å². The van der Waals surface area contributed by atoms with Crippen molar-refractivity contribution in [1.82, 2.24) is 21.3 Å². The van der Waals surface area contributed by atoms with Crippen molar-refractivity contribution in [3.8, 4) is 0 Å². The van der Waals surface area contributed by atoms with E-state index in [9.17, 15) is 19.2 Å². The zero-order valence-electron chi connectivity index (χ0n) is 18.4. The van der Waals surface area contributed by atoms with Crippen LogP contribution < -0.4 is 27.0 Å². The molecule has 1 fully saturated rings. The third-order valence-electron chi connectivity index (χ3n) is 5.31. The molecule has 0 aromatic heterocycles. The number of benzene rings is 1. The number of carbonyl (C=O) groups is 4. The molecule has 0 spiro atoms. The molecule has 11 heteroatoms. The second kappa shape index (κ2) is 13.5. The molecule has 2 rings (SSSR count). The van der Waals surface area contributed by atoms with Crippen LogP contribution in [0.2, 0.25) is 0 Å². The molecule has 180 valence electrons. The average molecular weight is 479 g/mol. The van der Waals surface area contributed by atoms with E-state index < -0.39 is 35.4 Å². The zero-order valence-corrected chi connectivity index (χ0v) is 19.1. The number of guanidine groups is 1. The van der Waals surface area contributed by atoms with E-state index in [4.69, 9.17) is 22.7 Å². The lowest BCUT2D eigenvalue weighted by atomic mass is 10.0. The van der Waals surface area contributed by atoms with Gasteiger partial charge in [0, 0.05) is 13.0 Å². The highest BCUT2D eigenvalue weighted by atomic mass is 35.5. The minimum Gasteiger partial charge on any atom is -0.370 e. The van der Waals surface area contributed by atoms with E-state index in [0.29, 0.717) is 19.4 Å². The van der Waals surface area contributed by atoms with E-state index in [-0.39, 0.29) is 30.8 Å². The van der Waals surface area contributed by atoms with Crippen molar-refractivity contribution < 1.29 is 19.2 Å². The maximum Gasteiger partial charge on any atom is 0.243 e. The molecule has 0 radical (unpaired) electrons. The Morgan fingerprint density at radius 3 is 2.48 bits per heavy atom. The Hall–Kier alpha value is -2.98. The average Bonchev–Trinajstić information content (AvgIpc) is 3.35. The largest absolute Gasteiger partial charge is 0.370 e. The van der Waals surface area contributed by atoms with E-state index in [0.717, 1.165) is 18.5 Å².